The molecule has 0 aromatic carbocycles. The minimum Gasteiger partial charge on any atom is -0.463 e. The number of hydrogen-bond donors (Lipinski definition) is 8. The van der Waals surface area contributed by atoms with Crippen molar-refractivity contribution >= 4 is 23.9 Å². The lowest BCUT2D eigenvalue weighted by Crippen LogP contribution is -2.68. The molecule has 24 atom stereocenters. The summed E-state index contributed by atoms with van der Waals surface area (Å²) < 4.78 is 73.5. The number of unbranched alkanes of at least 4 members (excludes halogenated alkanes) is 2. The highest BCUT2D eigenvalue weighted by Gasteiger charge is 2.58. The SMILES string of the molecule is C/C=C(\C)C(=O)O[C@H]1[C@H](O)[C@@H](O)C(O[C@@H]2[C@H]3OC(=O)CCCCCCCCC[C@H](CCCCC)O[C@@H]4O[C@H](O)[C@@H](O)[C@H](O)C4O[C@@H]4O[C@H](COC(=O)C(C)CC)[C@@H](O)[C@H](O)[C@H]4O[C@H](O[C@H]2C)[C@@H]3OC(=O)[C@H](C)[C@@H](C)O)O[C@@H]1C. The summed E-state index contributed by atoms with van der Waals surface area (Å²) in [6.07, 6.45) is -26.0. The van der Waals surface area contributed by atoms with Crippen molar-refractivity contribution in [2.24, 2.45) is 11.8 Å². The van der Waals surface area contributed by atoms with Gasteiger partial charge in [0.1, 0.15) is 67.6 Å². The Hall–Kier alpha value is -3.02. The molecule has 3 unspecified atom stereocenters. The van der Waals surface area contributed by atoms with E-state index in [9.17, 15) is 60.0 Å². The number of rotatable bonds is 15. The Balaban J connectivity index is 1.60. The van der Waals surface area contributed by atoms with Crippen molar-refractivity contribution in [1.82, 2.24) is 0 Å². The van der Waals surface area contributed by atoms with Crippen LogP contribution < -0.4 is 0 Å². The first-order chi connectivity index (χ1) is 37.0. The van der Waals surface area contributed by atoms with Gasteiger partial charge in [0.05, 0.1) is 36.3 Å². The standard InChI is InChI=1S/C54H90O24/c1-10-13-19-22-32-23-20-17-15-14-16-18-21-24-34(56)72-45-42(75-51-40(62)38(60)41(30(8)68-51)73-48(64)27(5)12-3)31(9)69-54(46(45)74-49(65)28(6)29(7)55)77-43-36(58)35(57)33(25-67-47(63)26(4)11-2)71-53(43)76-44-37(59)39(61)50(66)78-52(44)70-32/h12,26,28-33,35-46,50-55,57-62,66H,10-11,13-25H2,1-9H3/b27-12+/t26?,28-,29-,30-,31+,32+,33-,35-,36+,37+,38-,39+,40-,41-,42+,43-,44?,45-,46-,50+,51?,52-,53+,54+/m1/s1. The van der Waals surface area contributed by atoms with Crippen LogP contribution >= 0.6 is 0 Å². The molecule has 5 aliphatic heterocycles. The second kappa shape index (κ2) is 31.4. The Kier molecular flexibility index (Phi) is 26.5. The first-order valence-electron chi connectivity index (χ1n) is 28.1. The molecule has 5 aliphatic rings. The molecule has 0 amide bonds. The van der Waals surface area contributed by atoms with Gasteiger partial charge in [-0.05, 0) is 67.2 Å². The Morgan fingerprint density at radius 1 is 0.654 bits per heavy atom. The van der Waals surface area contributed by atoms with Crippen LogP contribution in [-0.4, -0.2) is 207 Å². The van der Waals surface area contributed by atoms with Gasteiger partial charge in [-0.15, -0.1) is 0 Å². The molecule has 2 bridgehead atoms. The normalized spacial score (nSPS) is 40.2. The molecule has 78 heavy (non-hydrogen) atoms. The highest BCUT2D eigenvalue weighted by Crippen LogP contribution is 2.38. The van der Waals surface area contributed by atoms with Gasteiger partial charge >= 0.3 is 23.9 Å². The van der Waals surface area contributed by atoms with Crippen molar-refractivity contribution in [1.29, 1.82) is 0 Å². The van der Waals surface area contributed by atoms with E-state index in [1.54, 1.807) is 20.8 Å². The van der Waals surface area contributed by atoms with Crippen molar-refractivity contribution in [3.63, 3.8) is 0 Å². The summed E-state index contributed by atoms with van der Waals surface area (Å²) in [4.78, 5) is 53.7. The van der Waals surface area contributed by atoms with E-state index in [1.807, 2.05) is 0 Å². The third-order valence-corrected chi connectivity index (χ3v) is 15.4. The molecule has 0 aliphatic carbocycles. The van der Waals surface area contributed by atoms with Crippen LogP contribution in [0.3, 0.4) is 0 Å². The molecule has 0 aromatic rings. The number of carbonyl (C=O) groups is 4. The smallest absolute Gasteiger partial charge is 0.333 e. The number of carbonyl (C=O) groups excluding carboxylic acids is 4. The number of aliphatic hydroxyl groups excluding tert-OH is 8. The monoisotopic (exact) mass is 1120 g/mol. The molecule has 8 N–H and O–H groups in total. The van der Waals surface area contributed by atoms with Crippen molar-refractivity contribution < 1.29 is 117 Å². The van der Waals surface area contributed by atoms with Gasteiger partial charge in [-0.2, -0.15) is 0 Å². The molecule has 450 valence electrons. The maximum atomic E-state index is 14.1. The van der Waals surface area contributed by atoms with Crippen LogP contribution in [0, 0.1) is 11.8 Å². The van der Waals surface area contributed by atoms with Crippen molar-refractivity contribution in [3.8, 4) is 0 Å². The van der Waals surface area contributed by atoms with Crippen molar-refractivity contribution in [2.45, 2.75) is 287 Å². The van der Waals surface area contributed by atoms with Crippen LogP contribution in [-0.2, 0) is 76.0 Å². The van der Waals surface area contributed by atoms with Crippen LogP contribution in [0.2, 0.25) is 0 Å². The number of fused-ring (bicyclic) bond motifs is 4. The lowest BCUT2D eigenvalue weighted by Gasteiger charge is -2.50. The molecule has 0 spiro atoms. The molecule has 0 saturated carbocycles. The first-order valence-corrected chi connectivity index (χ1v) is 28.1. The molecule has 5 saturated heterocycles. The lowest BCUT2D eigenvalue weighted by molar-refractivity contribution is -0.407. The molecule has 24 heteroatoms. The minimum absolute atomic E-state index is 0.115. The molecule has 0 radical (unpaired) electrons. The molecular formula is C54H90O24. The largest absolute Gasteiger partial charge is 0.463 e. The number of hydrogen-bond acceptors (Lipinski definition) is 24. The van der Waals surface area contributed by atoms with Gasteiger partial charge in [0, 0.05) is 12.0 Å². The predicted molar refractivity (Wildman–Crippen MR) is 270 cm³/mol. The maximum Gasteiger partial charge on any atom is 0.333 e. The van der Waals surface area contributed by atoms with Crippen LogP contribution in [0.5, 0.6) is 0 Å². The van der Waals surface area contributed by atoms with E-state index in [4.69, 9.17) is 56.8 Å². The van der Waals surface area contributed by atoms with E-state index in [0.29, 0.717) is 32.1 Å². The highest BCUT2D eigenvalue weighted by atomic mass is 16.8. The number of esters is 4. The average molecular weight is 1120 g/mol. The summed E-state index contributed by atoms with van der Waals surface area (Å²) in [5, 5.41) is 90.8. The van der Waals surface area contributed by atoms with Gasteiger partial charge in [-0.3, -0.25) is 14.4 Å². The molecule has 24 nitrogen and oxygen atoms in total. The van der Waals surface area contributed by atoms with Crippen LogP contribution in [0.1, 0.15) is 152 Å². The van der Waals surface area contributed by atoms with Gasteiger partial charge in [0.2, 0.25) is 0 Å². The molecule has 5 rings (SSSR count). The zero-order chi connectivity index (χ0) is 57.5. The van der Waals surface area contributed by atoms with Crippen molar-refractivity contribution in [3.05, 3.63) is 11.6 Å². The Bertz CT molecular complexity index is 1890. The Morgan fingerprint density at radius 3 is 1.91 bits per heavy atom. The summed E-state index contributed by atoms with van der Waals surface area (Å²) in [7, 11) is 0. The molecule has 0 aromatic heterocycles. The lowest BCUT2D eigenvalue weighted by atomic mass is 9.95. The molecular weight excluding hydrogens is 1030 g/mol. The average Bonchev–Trinajstić information content (AvgIpc) is 3.41. The van der Waals surface area contributed by atoms with Gasteiger partial charge in [-0.25, -0.2) is 4.79 Å². The minimum atomic E-state index is -2.06. The predicted octanol–water partition coefficient (Wildman–Crippen LogP) is 1.99. The number of allylic oxidation sites excluding steroid dienone is 1. The van der Waals surface area contributed by atoms with E-state index in [0.717, 1.165) is 51.4 Å². The quantitative estimate of drug-likeness (QED) is 0.0503. The van der Waals surface area contributed by atoms with Gasteiger partial charge in [0.15, 0.2) is 49.8 Å². The fraction of sp³-hybridized carbons (Fsp3) is 0.889. The second-order valence-electron chi connectivity index (χ2n) is 21.5. The van der Waals surface area contributed by atoms with Crippen LogP contribution in [0.15, 0.2) is 11.6 Å². The van der Waals surface area contributed by atoms with E-state index in [1.165, 1.54) is 40.7 Å². The molecule has 5 fully saturated rings. The van der Waals surface area contributed by atoms with Crippen LogP contribution in [0.4, 0.5) is 0 Å². The van der Waals surface area contributed by atoms with Crippen LogP contribution in [0.25, 0.3) is 0 Å². The first kappa shape index (κ1) is 65.8. The Morgan fingerprint density at radius 2 is 1.27 bits per heavy atom. The third kappa shape index (κ3) is 17.5. The van der Waals surface area contributed by atoms with E-state index in [-0.39, 0.29) is 12.0 Å². The van der Waals surface area contributed by atoms with E-state index in [2.05, 4.69) is 6.92 Å². The summed E-state index contributed by atoms with van der Waals surface area (Å²) in [5.74, 6) is -5.03. The van der Waals surface area contributed by atoms with E-state index < -0.39 is 178 Å². The summed E-state index contributed by atoms with van der Waals surface area (Å²) in [6, 6.07) is 0. The Labute approximate surface area is 457 Å². The zero-order valence-corrected chi connectivity index (χ0v) is 46.7. The third-order valence-electron chi connectivity index (χ3n) is 15.4. The van der Waals surface area contributed by atoms with E-state index >= 15 is 0 Å². The zero-order valence-electron chi connectivity index (χ0n) is 46.7. The fourth-order valence-corrected chi connectivity index (χ4v) is 9.72. The summed E-state index contributed by atoms with van der Waals surface area (Å²) in [5.41, 5.74) is 0.230. The summed E-state index contributed by atoms with van der Waals surface area (Å²) in [6.45, 7) is 13.6. The highest BCUT2D eigenvalue weighted by molar-refractivity contribution is 5.87. The van der Waals surface area contributed by atoms with Gasteiger partial charge in [0.25, 0.3) is 0 Å². The fourth-order valence-electron chi connectivity index (χ4n) is 9.72. The topological polar surface area (TPSA) is 341 Å². The number of ether oxygens (including phenoxy) is 12. The van der Waals surface area contributed by atoms with Gasteiger partial charge < -0.3 is 97.7 Å². The number of aliphatic hydroxyl groups is 8. The van der Waals surface area contributed by atoms with Crippen molar-refractivity contribution in [2.75, 3.05) is 6.61 Å². The maximum absolute atomic E-state index is 14.1. The second-order valence-corrected chi connectivity index (χ2v) is 21.5. The summed E-state index contributed by atoms with van der Waals surface area (Å²) >= 11 is 0. The van der Waals surface area contributed by atoms with Gasteiger partial charge in [-0.1, -0.05) is 84.6 Å². The molecule has 5 heterocycles.